The monoisotopic (exact) mass is 460 g/mol. The van der Waals surface area contributed by atoms with Gasteiger partial charge in [-0.25, -0.2) is 0 Å². The molecule has 0 fully saturated rings. The van der Waals surface area contributed by atoms with Crippen LogP contribution in [0, 0.1) is 0 Å². The number of hydrogen-bond acceptors (Lipinski definition) is 6. The number of ether oxygens (including phenoxy) is 3. The number of benzene rings is 3. The molecular weight excluding hydrogens is 432 g/mol. The third kappa shape index (κ3) is 4.16. The second-order valence-electron chi connectivity index (χ2n) is 7.85. The van der Waals surface area contributed by atoms with E-state index < -0.39 is 0 Å². The summed E-state index contributed by atoms with van der Waals surface area (Å²) in [4.78, 5) is 1.23. The third-order valence-corrected chi connectivity index (χ3v) is 6.60. The average Bonchev–Trinajstić information content (AvgIpc) is 3.31. The van der Waals surface area contributed by atoms with Crippen molar-refractivity contribution in [3.8, 4) is 17.2 Å². The number of nitrogens with one attached hydrogen (secondary N) is 1. The van der Waals surface area contributed by atoms with Gasteiger partial charge in [0.25, 0.3) is 0 Å². The Hall–Kier alpha value is -3.09. The molecule has 6 heteroatoms. The van der Waals surface area contributed by atoms with Crippen molar-refractivity contribution in [2.45, 2.75) is 31.0 Å². The second-order valence-corrected chi connectivity index (χ2v) is 8.73. The zero-order chi connectivity index (χ0) is 22.8. The van der Waals surface area contributed by atoms with Crippen LogP contribution in [0.3, 0.4) is 0 Å². The van der Waals surface area contributed by atoms with E-state index in [9.17, 15) is 0 Å². The number of thioether (sulfide) groups is 1. The third-order valence-electron chi connectivity index (χ3n) is 5.86. The van der Waals surface area contributed by atoms with Crippen LogP contribution >= 0.6 is 11.8 Å². The first-order chi connectivity index (χ1) is 16.2. The highest BCUT2D eigenvalue weighted by Gasteiger charge is 2.41. The fourth-order valence-corrected chi connectivity index (χ4v) is 4.72. The highest BCUT2D eigenvalue weighted by Crippen LogP contribution is 2.49. The van der Waals surface area contributed by atoms with Gasteiger partial charge in [-0.3, -0.25) is 0 Å². The molecule has 1 N–H and O–H groups in total. The molecule has 2 atom stereocenters. The van der Waals surface area contributed by atoms with Crippen LogP contribution in [0.1, 0.15) is 42.8 Å². The summed E-state index contributed by atoms with van der Waals surface area (Å²) in [5.41, 5.74) is 7.94. The maximum Gasteiger partial charge on any atom is 0.196 e. The Morgan fingerprint density at radius 2 is 1.70 bits per heavy atom. The summed E-state index contributed by atoms with van der Waals surface area (Å²) >= 11 is 1.73. The topological polar surface area (TPSA) is 43.0 Å². The molecule has 5 rings (SSSR count). The molecule has 170 valence electrons. The van der Waals surface area contributed by atoms with Crippen molar-refractivity contribution in [2.24, 2.45) is 0 Å². The van der Waals surface area contributed by atoms with Gasteiger partial charge in [-0.1, -0.05) is 24.3 Å². The minimum absolute atomic E-state index is 0.0148. The van der Waals surface area contributed by atoms with Gasteiger partial charge >= 0.3 is 0 Å². The van der Waals surface area contributed by atoms with E-state index in [0.717, 1.165) is 39.6 Å². The smallest absolute Gasteiger partial charge is 0.196 e. The molecule has 33 heavy (non-hydrogen) atoms. The van der Waals surface area contributed by atoms with E-state index in [1.165, 1.54) is 4.90 Å². The summed E-state index contributed by atoms with van der Waals surface area (Å²) in [6.45, 7) is 5.23. The Kier molecular flexibility index (Phi) is 6.20. The van der Waals surface area contributed by atoms with Gasteiger partial charge in [0.15, 0.2) is 17.7 Å². The van der Waals surface area contributed by atoms with Gasteiger partial charge in [-0.05, 0) is 74.2 Å². The molecule has 3 aromatic rings. The van der Waals surface area contributed by atoms with Crippen LogP contribution in [0.15, 0.2) is 77.7 Å². The first-order valence-electron chi connectivity index (χ1n) is 11.3. The summed E-state index contributed by atoms with van der Waals surface area (Å²) < 4.78 is 18.1. The zero-order valence-electron chi connectivity index (χ0n) is 19.1. The summed E-state index contributed by atoms with van der Waals surface area (Å²) in [6.07, 6.45) is 4.05. The highest BCUT2D eigenvalue weighted by atomic mass is 32.2. The van der Waals surface area contributed by atoms with Crippen LogP contribution in [0.2, 0.25) is 0 Å². The fourth-order valence-electron chi connectivity index (χ4n) is 4.31. The molecule has 0 aliphatic carbocycles. The lowest BCUT2D eigenvalue weighted by Crippen LogP contribution is -2.43. The van der Waals surface area contributed by atoms with Crippen molar-refractivity contribution < 1.29 is 14.2 Å². The van der Waals surface area contributed by atoms with Crippen LogP contribution in [0.4, 0.5) is 0 Å². The van der Waals surface area contributed by atoms with Crippen molar-refractivity contribution >= 4 is 17.5 Å². The van der Waals surface area contributed by atoms with E-state index in [2.05, 4.69) is 65.2 Å². The zero-order valence-corrected chi connectivity index (χ0v) is 19.9. The minimum atomic E-state index is -0.295. The van der Waals surface area contributed by atoms with Crippen molar-refractivity contribution in [1.82, 2.24) is 10.4 Å². The van der Waals surface area contributed by atoms with Gasteiger partial charge in [-0.2, -0.15) is 5.01 Å². The molecule has 2 aliphatic rings. The molecule has 0 saturated carbocycles. The summed E-state index contributed by atoms with van der Waals surface area (Å²) in [6, 6.07) is 22.9. The van der Waals surface area contributed by atoms with E-state index in [1.807, 2.05) is 38.1 Å². The van der Waals surface area contributed by atoms with Crippen molar-refractivity contribution in [3.63, 3.8) is 0 Å². The van der Waals surface area contributed by atoms with Crippen LogP contribution in [-0.4, -0.2) is 24.5 Å². The van der Waals surface area contributed by atoms with Gasteiger partial charge in [-0.15, -0.1) is 11.8 Å². The Morgan fingerprint density at radius 1 is 0.939 bits per heavy atom. The van der Waals surface area contributed by atoms with E-state index in [1.54, 1.807) is 11.8 Å². The number of fused-ring (bicyclic) bond motifs is 3. The Bertz CT molecular complexity index is 1150. The standard InChI is InChI=1S/C27H28N2O3S/c1-4-30-20-13-9-18(10-14-20)23-17-24-22-7-6-8-25(31-5-2)26(22)32-27(29(24)28-23)19-11-15-21(33-3)16-12-19/h6-17,24,27-28H,4-5H2,1-3H3. The first kappa shape index (κ1) is 21.7. The van der Waals surface area contributed by atoms with E-state index in [4.69, 9.17) is 14.2 Å². The lowest BCUT2D eigenvalue weighted by atomic mass is 10.00. The molecule has 0 spiro atoms. The lowest BCUT2D eigenvalue weighted by molar-refractivity contribution is -0.0346. The molecule has 0 aromatic heterocycles. The number of nitrogens with zero attached hydrogens (tertiary/aromatic N) is 1. The predicted octanol–water partition coefficient (Wildman–Crippen LogP) is 6.20. The van der Waals surface area contributed by atoms with Gasteiger partial charge in [0.2, 0.25) is 0 Å². The second kappa shape index (κ2) is 9.41. The van der Waals surface area contributed by atoms with Gasteiger partial charge in [0.1, 0.15) is 5.75 Å². The van der Waals surface area contributed by atoms with Gasteiger partial charge < -0.3 is 19.6 Å². The molecule has 2 heterocycles. The van der Waals surface area contributed by atoms with Crippen LogP contribution in [-0.2, 0) is 0 Å². The number of hydrogen-bond donors (Lipinski definition) is 1. The van der Waals surface area contributed by atoms with Crippen molar-refractivity contribution in [1.29, 1.82) is 0 Å². The lowest BCUT2D eigenvalue weighted by Gasteiger charge is -2.39. The molecule has 2 unspecified atom stereocenters. The quantitative estimate of drug-likeness (QED) is 0.424. The SMILES string of the molecule is CCOc1ccc(C2=CC3c4cccc(OCC)c4OC(c4ccc(SC)cc4)N3N2)cc1. The number of para-hydroxylation sites is 1. The molecule has 3 aromatic carbocycles. The van der Waals surface area contributed by atoms with Crippen molar-refractivity contribution in [2.75, 3.05) is 19.5 Å². The fraction of sp³-hybridized carbons (Fsp3) is 0.259. The minimum Gasteiger partial charge on any atom is -0.494 e. The van der Waals surface area contributed by atoms with Crippen molar-refractivity contribution in [3.05, 3.63) is 89.5 Å². The molecule has 0 radical (unpaired) electrons. The Balaban J connectivity index is 1.54. The largest absolute Gasteiger partial charge is 0.494 e. The molecule has 0 amide bonds. The van der Waals surface area contributed by atoms with Crippen LogP contribution in [0.5, 0.6) is 17.2 Å². The van der Waals surface area contributed by atoms with E-state index in [0.29, 0.717) is 13.2 Å². The van der Waals surface area contributed by atoms with E-state index >= 15 is 0 Å². The first-order valence-corrected chi connectivity index (χ1v) is 12.5. The Morgan fingerprint density at radius 3 is 2.39 bits per heavy atom. The number of rotatable bonds is 7. The maximum absolute atomic E-state index is 6.60. The molecule has 5 nitrogen and oxygen atoms in total. The van der Waals surface area contributed by atoms with Gasteiger partial charge in [0.05, 0.1) is 25.0 Å². The van der Waals surface area contributed by atoms with Gasteiger partial charge in [0, 0.05) is 16.0 Å². The molecular formula is C27H28N2O3S. The normalized spacial score (nSPS) is 19.1. The Labute approximate surface area is 199 Å². The number of hydrazine groups is 1. The summed E-state index contributed by atoms with van der Waals surface area (Å²) in [5, 5.41) is 2.18. The van der Waals surface area contributed by atoms with Crippen LogP contribution in [0.25, 0.3) is 5.70 Å². The van der Waals surface area contributed by atoms with Crippen LogP contribution < -0.4 is 19.6 Å². The average molecular weight is 461 g/mol. The molecule has 0 saturated heterocycles. The highest BCUT2D eigenvalue weighted by molar-refractivity contribution is 7.98. The summed E-state index contributed by atoms with van der Waals surface area (Å²) in [7, 11) is 0. The summed E-state index contributed by atoms with van der Waals surface area (Å²) in [5.74, 6) is 2.47. The maximum atomic E-state index is 6.60. The predicted molar refractivity (Wildman–Crippen MR) is 133 cm³/mol. The van der Waals surface area contributed by atoms with E-state index in [-0.39, 0.29) is 12.3 Å². The molecule has 0 bridgehead atoms. The molecule has 2 aliphatic heterocycles.